The molecule has 5 aromatic rings. The van der Waals surface area contributed by atoms with Crippen molar-refractivity contribution in [2.24, 2.45) is 5.73 Å². The summed E-state index contributed by atoms with van der Waals surface area (Å²) in [6.07, 6.45) is 0. The minimum Gasteiger partial charge on any atom is -0.326 e. The Morgan fingerprint density at radius 2 is 0.875 bits per heavy atom. The molecule has 0 aliphatic carbocycles. The Hall–Kier alpha value is -4.19. The molecule has 0 aromatic heterocycles. The minimum atomic E-state index is 0.565. The lowest BCUT2D eigenvalue weighted by molar-refractivity contribution is 1.07. The van der Waals surface area contributed by atoms with Gasteiger partial charge in [-0.2, -0.15) is 5.26 Å². The van der Waals surface area contributed by atoms with Gasteiger partial charge in [0.15, 0.2) is 0 Å². The molecule has 0 saturated carbocycles. The lowest BCUT2D eigenvalue weighted by atomic mass is 9.96. The van der Waals surface area contributed by atoms with Crippen molar-refractivity contribution in [3.05, 3.63) is 120 Å². The number of nitriles is 1. The molecule has 152 valence electrons. The maximum atomic E-state index is 8.98. The Morgan fingerprint density at radius 3 is 1.31 bits per heavy atom. The summed E-state index contributed by atoms with van der Waals surface area (Å²) in [6, 6.07) is 40.1. The molecule has 5 aromatic carbocycles. The predicted octanol–water partition coefficient (Wildman–Crippen LogP) is 7.17. The molecule has 2 N–H and O–H groups in total. The van der Waals surface area contributed by atoms with Crippen LogP contribution in [0.5, 0.6) is 0 Å². The Balaban J connectivity index is 1.42. The highest BCUT2D eigenvalue weighted by Crippen LogP contribution is 2.30. The first-order chi connectivity index (χ1) is 15.7. The van der Waals surface area contributed by atoms with Crippen molar-refractivity contribution in [2.45, 2.75) is 6.54 Å². The van der Waals surface area contributed by atoms with Gasteiger partial charge in [0.05, 0.1) is 11.6 Å². The van der Waals surface area contributed by atoms with E-state index in [1.54, 1.807) is 0 Å². The maximum Gasteiger partial charge on any atom is 0.0991 e. The molecular formula is C30H22N2. The monoisotopic (exact) mass is 410 g/mol. The quantitative estimate of drug-likeness (QED) is 0.341. The van der Waals surface area contributed by atoms with Gasteiger partial charge >= 0.3 is 0 Å². The Labute approximate surface area is 188 Å². The average molecular weight is 411 g/mol. The van der Waals surface area contributed by atoms with Crippen LogP contribution in [0, 0.1) is 11.3 Å². The molecule has 0 fully saturated rings. The summed E-state index contributed by atoms with van der Waals surface area (Å²) >= 11 is 0. The van der Waals surface area contributed by atoms with Crippen LogP contribution < -0.4 is 5.73 Å². The van der Waals surface area contributed by atoms with E-state index in [2.05, 4.69) is 91.0 Å². The number of nitrogens with zero attached hydrogens (tertiary/aromatic N) is 1. The smallest absolute Gasteiger partial charge is 0.0991 e. The normalized spacial score (nSPS) is 10.8. The fourth-order valence-corrected chi connectivity index (χ4v) is 4.03. The Morgan fingerprint density at radius 1 is 0.500 bits per heavy atom. The van der Waals surface area contributed by atoms with Crippen LogP contribution in [0.1, 0.15) is 11.1 Å². The van der Waals surface area contributed by atoms with Gasteiger partial charge in [0, 0.05) is 6.54 Å². The maximum absolute atomic E-state index is 8.98. The van der Waals surface area contributed by atoms with E-state index in [0.717, 1.165) is 16.7 Å². The molecule has 0 spiro atoms. The van der Waals surface area contributed by atoms with E-state index in [1.807, 2.05) is 24.3 Å². The minimum absolute atomic E-state index is 0.565. The first-order valence-electron chi connectivity index (χ1n) is 10.7. The van der Waals surface area contributed by atoms with Crippen molar-refractivity contribution in [2.75, 3.05) is 0 Å². The molecule has 0 atom stereocenters. The highest BCUT2D eigenvalue weighted by Gasteiger charge is 2.05. The molecular weight excluding hydrogens is 388 g/mol. The van der Waals surface area contributed by atoms with Crippen LogP contribution in [0.25, 0.3) is 44.2 Å². The standard InChI is InChI=1S/C30H22N2/c31-19-21-1-5-23(6-2-21)24-9-11-26(12-10-24)28-14-16-29-17-27(13-15-30(29)18-28)25-7-3-22(20-32)4-8-25/h1-18H,20,32H2. The molecule has 0 amide bonds. The Kier molecular flexibility index (Phi) is 5.25. The summed E-state index contributed by atoms with van der Waals surface area (Å²) in [5, 5.41) is 11.4. The van der Waals surface area contributed by atoms with Gasteiger partial charge in [0.2, 0.25) is 0 Å². The van der Waals surface area contributed by atoms with E-state index in [1.165, 1.54) is 33.0 Å². The van der Waals surface area contributed by atoms with Gasteiger partial charge < -0.3 is 5.73 Å². The number of rotatable bonds is 4. The van der Waals surface area contributed by atoms with Crippen LogP contribution in [0.3, 0.4) is 0 Å². The SMILES string of the molecule is N#Cc1ccc(-c2ccc(-c3ccc4cc(-c5ccc(CN)cc5)ccc4c3)cc2)cc1. The van der Waals surface area contributed by atoms with Crippen molar-refractivity contribution in [1.82, 2.24) is 0 Å². The van der Waals surface area contributed by atoms with E-state index in [0.29, 0.717) is 12.1 Å². The Bertz CT molecular complexity index is 1420. The van der Waals surface area contributed by atoms with Gasteiger partial charge in [0.25, 0.3) is 0 Å². The lowest BCUT2D eigenvalue weighted by Crippen LogP contribution is -1.95. The van der Waals surface area contributed by atoms with Crippen LogP contribution in [-0.4, -0.2) is 0 Å². The molecule has 0 radical (unpaired) electrons. The first-order valence-corrected chi connectivity index (χ1v) is 10.7. The fourth-order valence-electron chi connectivity index (χ4n) is 4.03. The van der Waals surface area contributed by atoms with E-state index in [9.17, 15) is 0 Å². The molecule has 0 saturated heterocycles. The molecule has 2 heteroatoms. The summed E-state index contributed by atoms with van der Waals surface area (Å²) < 4.78 is 0. The molecule has 0 heterocycles. The average Bonchev–Trinajstić information content (AvgIpc) is 2.88. The lowest BCUT2D eigenvalue weighted by Gasteiger charge is -2.09. The number of benzene rings is 5. The van der Waals surface area contributed by atoms with Crippen LogP contribution >= 0.6 is 0 Å². The van der Waals surface area contributed by atoms with Gasteiger partial charge in [0.1, 0.15) is 0 Å². The molecule has 32 heavy (non-hydrogen) atoms. The zero-order valence-corrected chi connectivity index (χ0v) is 17.6. The van der Waals surface area contributed by atoms with Crippen molar-refractivity contribution in [1.29, 1.82) is 5.26 Å². The second-order valence-corrected chi connectivity index (χ2v) is 7.94. The van der Waals surface area contributed by atoms with Crippen LogP contribution in [0.4, 0.5) is 0 Å². The third-order valence-electron chi connectivity index (χ3n) is 5.93. The van der Waals surface area contributed by atoms with Crippen LogP contribution in [0.15, 0.2) is 109 Å². The van der Waals surface area contributed by atoms with Gasteiger partial charge in [-0.3, -0.25) is 0 Å². The van der Waals surface area contributed by atoms with Crippen molar-refractivity contribution < 1.29 is 0 Å². The highest BCUT2D eigenvalue weighted by atomic mass is 14.5. The second kappa shape index (κ2) is 8.51. The van der Waals surface area contributed by atoms with Gasteiger partial charge in [-0.05, 0) is 74.0 Å². The summed E-state index contributed by atoms with van der Waals surface area (Å²) in [6.45, 7) is 0.565. The van der Waals surface area contributed by atoms with E-state index < -0.39 is 0 Å². The van der Waals surface area contributed by atoms with Gasteiger partial charge in [-0.25, -0.2) is 0 Å². The number of hydrogen-bond donors (Lipinski definition) is 1. The third-order valence-corrected chi connectivity index (χ3v) is 5.93. The molecule has 0 aliphatic rings. The summed E-state index contributed by atoms with van der Waals surface area (Å²) in [5.74, 6) is 0. The van der Waals surface area contributed by atoms with Crippen molar-refractivity contribution in [3.63, 3.8) is 0 Å². The second-order valence-electron chi connectivity index (χ2n) is 7.94. The van der Waals surface area contributed by atoms with E-state index >= 15 is 0 Å². The highest BCUT2D eigenvalue weighted by molar-refractivity contribution is 5.91. The summed E-state index contributed by atoms with van der Waals surface area (Å²) in [5.41, 5.74) is 14.6. The third kappa shape index (κ3) is 3.90. The number of hydrogen-bond acceptors (Lipinski definition) is 2. The number of nitrogens with two attached hydrogens (primary N) is 1. The van der Waals surface area contributed by atoms with Crippen LogP contribution in [-0.2, 0) is 6.54 Å². The van der Waals surface area contributed by atoms with E-state index in [4.69, 9.17) is 11.0 Å². The molecule has 5 rings (SSSR count). The van der Waals surface area contributed by atoms with Crippen molar-refractivity contribution in [3.8, 4) is 39.4 Å². The fraction of sp³-hybridized carbons (Fsp3) is 0.0333. The van der Waals surface area contributed by atoms with Gasteiger partial charge in [-0.1, -0.05) is 84.9 Å². The van der Waals surface area contributed by atoms with Crippen molar-refractivity contribution >= 4 is 10.8 Å². The van der Waals surface area contributed by atoms with Gasteiger partial charge in [-0.15, -0.1) is 0 Å². The summed E-state index contributed by atoms with van der Waals surface area (Å²) in [4.78, 5) is 0. The zero-order valence-electron chi connectivity index (χ0n) is 17.6. The zero-order chi connectivity index (χ0) is 21.9. The number of fused-ring (bicyclic) bond motifs is 1. The molecule has 0 aliphatic heterocycles. The molecule has 2 nitrogen and oxygen atoms in total. The van der Waals surface area contributed by atoms with Crippen LogP contribution in [0.2, 0.25) is 0 Å². The molecule has 0 bridgehead atoms. The largest absolute Gasteiger partial charge is 0.326 e. The van der Waals surface area contributed by atoms with E-state index in [-0.39, 0.29) is 0 Å². The molecule has 0 unspecified atom stereocenters. The first kappa shape index (κ1) is 19.8. The predicted molar refractivity (Wildman–Crippen MR) is 133 cm³/mol. The summed E-state index contributed by atoms with van der Waals surface area (Å²) in [7, 11) is 0. The topological polar surface area (TPSA) is 49.8 Å².